The van der Waals surface area contributed by atoms with E-state index in [-0.39, 0.29) is 36.1 Å². The molecule has 0 aromatic rings. The Balaban J connectivity index is 0. The second-order valence-corrected chi connectivity index (χ2v) is 6.78. The van der Waals surface area contributed by atoms with Crippen molar-refractivity contribution < 1.29 is 4.79 Å². The highest BCUT2D eigenvalue weighted by Gasteiger charge is 2.26. The molecule has 0 bridgehead atoms. The lowest BCUT2D eigenvalue weighted by Gasteiger charge is -2.34. The van der Waals surface area contributed by atoms with Crippen LogP contribution in [0.15, 0.2) is 0 Å². The number of carbonyl (C=O) groups is 1. The number of piperidine rings is 1. The zero-order valence-corrected chi connectivity index (χ0v) is 16.8. The molecule has 0 atom stereocenters. The van der Waals surface area contributed by atoms with Crippen LogP contribution in [0.1, 0.15) is 59.3 Å². The summed E-state index contributed by atoms with van der Waals surface area (Å²) >= 11 is 0. The zero-order chi connectivity index (χ0) is 15.6. The Morgan fingerprint density at radius 1 is 1.09 bits per heavy atom. The summed E-state index contributed by atoms with van der Waals surface area (Å²) in [6, 6.07) is 0. The van der Waals surface area contributed by atoms with Crippen molar-refractivity contribution in [2.45, 2.75) is 59.3 Å². The molecule has 1 heterocycles. The Labute approximate surface area is 155 Å². The van der Waals surface area contributed by atoms with E-state index in [9.17, 15) is 4.79 Å². The molecule has 1 aliphatic heterocycles. The molecule has 0 spiro atoms. The smallest absolute Gasteiger partial charge is 0.220 e. The molecule has 1 fully saturated rings. The number of amides is 1. The van der Waals surface area contributed by atoms with Gasteiger partial charge in [0.1, 0.15) is 0 Å². The van der Waals surface area contributed by atoms with Gasteiger partial charge in [-0.25, -0.2) is 0 Å². The molecule has 0 unspecified atom stereocenters. The summed E-state index contributed by atoms with van der Waals surface area (Å²) in [5.41, 5.74) is 0.289. The lowest BCUT2D eigenvalue weighted by atomic mass is 9.81. The fourth-order valence-electron chi connectivity index (χ4n) is 3.04. The van der Waals surface area contributed by atoms with Gasteiger partial charge in [-0.3, -0.25) is 4.79 Å². The van der Waals surface area contributed by atoms with Crippen molar-refractivity contribution in [3.8, 4) is 0 Å². The van der Waals surface area contributed by atoms with Gasteiger partial charge >= 0.3 is 0 Å². The molecule has 4 nitrogen and oxygen atoms in total. The number of rotatable bonds is 10. The SMILES string of the molecule is CCCN(CCC)CCCC(=O)NCC1(C)CCNCC1.Cl.Cl. The summed E-state index contributed by atoms with van der Waals surface area (Å²) in [5, 5.41) is 6.53. The second kappa shape index (κ2) is 14.3. The van der Waals surface area contributed by atoms with Gasteiger partial charge in [-0.15, -0.1) is 24.8 Å². The minimum atomic E-state index is 0. The van der Waals surface area contributed by atoms with Crippen molar-refractivity contribution in [1.82, 2.24) is 15.5 Å². The number of hydrogen-bond donors (Lipinski definition) is 2. The van der Waals surface area contributed by atoms with E-state index in [1.807, 2.05) is 0 Å². The van der Waals surface area contributed by atoms with E-state index in [2.05, 4.69) is 36.3 Å². The van der Waals surface area contributed by atoms with Crippen LogP contribution in [-0.2, 0) is 4.79 Å². The van der Waals surface area contributed by atoms with Gasteiger partial charge in [0.2, 0.25) is 5.91 Å². The van der Waals surface area contributed by atoms with E-state index in [0.717, 1.165) is 58.5 Å². The summed E-state index contributed by atoms with van der Waals surface area (Å²) < 4.78 is 0. The highest BCUT2D eigenvalue weighted by molar-refractivity contribution is 5.85. The summed E-state index contributed by atoms with van der Waals surface area (Å²) in [5.74, 6) is 0.225. The maximum Gasteiger partial charge on any atom is 0.220 e. The second-order valence-electron chi connectivity index (χ2n) is 6.78. The van der Waals surface area contributed by atoms with Crippen molar-refractivity contribution in [3.05, 3.63) is 0 Å². The average molecular weight is 370 g/mol. The van der Waals surface area contributed by atoms with Gasteiger partial charge in [0, 0.05) is 13.0 Å². The van der Waals surface area contributed by atoms with Gasteiger partial charge < -0.3 is 15.5 Å². The standard InChI is InChI=1S/C17H35N3O.2ClH/c1-4-12-20(13-5-2)14-6-7-16(21)19-15-17(3)8-10-18-11-9-17;;/h18H,4-15H2,1-3H3,(H,19,21);2*1H. The Bertz CT molecular complexity index is 292. The minimum absolute atomic E-state index is 0. The molecule has 140 valence electrons. The molecule has 0 aromatic heterocycles. The van der Waals surface area contributed by atoms with Crippen molar-refractivity contribution in [2.24, 2.45) is 5.41 Å². The molecule has 0 radical (unpaired) electrons. The quantitative estimate of drug-likeness (QED) is 0.621. The first-order valence-corrected chi connectivity index (χ1v) is 8.79. The first kappa shape index (κ1) is 25.2. The predicted octanol–water partition coefficient (Wildman–Crippen LogP) is 3.24. The first-order valence-electron chi connectivity index (χ1n) is 8.79. The lowest BCUT2D eigenvalue weighted by molar-refractivity contribution is -0.121. The Morgan fingerprint density at radius 3 is 2.17 bits per heavy atom. The molecular weight excluding hydrogens is 333 g/mol. The van der Waals surface area contributed by atoms with E-state index in [0.29, 0.717) is 6.42 Å². The van der Waals surface area contributed by atoms with Crippen molar-refractivity contribution in [2.75, 3.05) is 39.3 Å². The van der Waals surface area contributed by atoms with Crippen LogP contribution in [-0.4, -0.2) is 50.1 Å². The molecule has 2 N–H and O–H groups in total. The van der Waals surface area contributed by atoms with Gasteiger partial charge in [0.25, 0.3) is 0 Å². The third kappa shape index (κ3) is 11.2. The molecule has 1 amide bonds. The number of nitrogens with zero attached hydrogens (tertiary/aromatic N) is 1. The third-order valence-corrected chi connectivity index (χ3v) is 4.48. The highest BCUT2D eigenvalue weighted by atomic mass is 35.5. The van der Waals surface area contributed by atoms with E-state index >= 15 is 0 Å². The van der Waals surface area contributed by atoms with Crippen molar-refractivity contribution in [3.63, 3.8) is 0 Å². The van der Waals surface area contributed by atoms with Crippen LogP contribution in [0.5, 0.6) is 0 Å². The van der Waals surface area contributed by atoms with Crippen LogP contribution in [0, 0.1) is 5.41 Å². The van der Waals surface area contributed by atoms with Crippen LogP contribution in [0.2, 0.25) is 0 Å². The molecule has 0 aliphatic carbocycles. The zero-order valence-electron chi connectivity index (χ0n) is 15.2. The monoisotopic (exact) mass is 369 g/mol. The number of hydrogen-bond acceptors (Lipinski definition) is 3. The predicted molar refractivity (Wildman–Crippen MR) is 104 cm³/mol. The highest BCUT2D eigenvalue weighted by Crippen LogP contribution is 2.26. The number of carbonyl (C=O) groups excluding carboxylic acids is 1. The average Bonchev–Trinajstić information content (AvgIpc) is 2.46. The normalized spacial score (nSPS) is 16.3. The van der Waals surface area contributed by atoms with Crippen LogP contribution >= 0.6 is 24.8 Å². The topological polar surface area (TPSA) is 44.4 Å². The van der Waals surface area contributed by atoms with Crippen molar-refractivity contribution in [1.29, 1.82) is 0 Å². The van der Waals surface area contributed by atoms with E-state index in [1.165, 1.54) is 12.8 Å². The summed E-state index contributed by atoms with van der Waals surface area (Å²) in [7, 11) is 0. The Hall–Kier alpha value is -0.0300. The lowest BCUT2D eigenvalue weighted by Crippen LogP contribution is -2.43. The molecular formula is C17H37Cl2N3O. The fourth-order valence-corrected chi connectivity index (χ4v) is 3.04. The molecule has 6 heteroatoms. The minimum Gasteiger partial charge on any atom is -0.356 e. The van der Waals surface area contributed by atoms with Crippen LogP contribution < -0.4 is 10.6 Å². The van der Waals surface area contributed by atoms with Gasteiger partial charge in [-0.1, -0.05) is 20.8 Å². The number of halogens is 2. The van der Waals surface area contributed by atoms with E-state index < -0.39 is 0 Å². The Morgan fingerprint density at radius 2 is 1.65 bits per heavy atom. The molecule has 0 saturated carbocycles. The summed E-state index contributed by atoms with van der Waals surface area (Å²) in [6.45, 7) is 13.1. The molecule has 1 saturated heterocycles. The van der Waals surface area contributed by atoms with E-state index in [4.69, 9.17) is 0 Å². The molecule has 1 rings (SSSR count). The third-order valence-electron chi connectivity index (χ3n) is 4.48. The van der Waals surface area contributed by atoms with Gasteiger partial charge in [0.05, 0.1) is 0 Å². The van der Waals surface area contributed by atoms with Crippen LogP contribution in [0.4, 0.5) is 0 Å². The van der Waals surface area contributed by atoms with Gasteiger partial charge in [-0.2, -0.15) is 0 Å². The largest absolute Gasteiger partial charge is 0.356 e. The molecule has 0 aromatic carbocycles. The van der Waals surface area contributed by atoms with E-state index in [1.54, 1.807) is 0 Å². The molecule has 23 heavy (non-hydrogen) atoms. The van der Waals surface area contributed by atoms with Gasteiger partial charge in [-0.05, 0) is 70.2 Å². The first-order chi connectivity index (χ1) is 10.1. The van der Waals surface area contributed by atoms with Crippen LogP contribution in [0.3, 0.4) is 0 Å². The number of nitrogens with one attached hydrogen (secondary N) is 2. The maximum atomic E-state index is 12.0. The van der Waals surface area contributed by atoms with Crippen LogP contribution in [0.25, 0.3) is 0 Å². The summed E-state index contributed by atoms with van der Waals surface area (Å²) in [6.07, 6.45) is 6.35. The molecule has 1 aliphatic rings. The van der Waals surface area contributed by atoms with Crippen molar-refractivity contribution >= 4 is 30.7 Å². The maximum absolute atomic E-state index is 12.0. The fraction of sp³-hybridized carbons (Fsp3) is 0.941. The van der Waals surface area contributed by atoms with Gasteiger partial charge in [0.15, 0.2) is 0 Å². The Kier molecular flexibility index (Phi) is 15.7. The summed E-state index contributed by atoms with van der Waals surface area (Å²) in [4.78, 5) is 14.5.